The van der Waals surface area contributed by atoms with Gasteiger partial charge in [-0.2, -0.15) is 0 Å². The van der Waals surface area contributed by atoms with Gasteiger partial charge in [0.15, 0.2) is 0 Å². The van der Waals surface area contributed by atoms with E-state index in [0.29, 0.717) is 22.3 Å². The SMILES string of the molecule is O=C(Nc1nnc(-c2ccccc2)s1)c1ccc(Oc2cccc(Br)c2)nc1. The fourth-order valence-electron chi connectivity index (χ4n) is 2.37. The van der Waals surface area contributed by atoms with Crippen LogP contribution in [0.5, 0.6) is 11.6 Å². The third-order valence-electron chi connectivity index (χ3n) is 3.68. The maximum absolute atomic E-state index is 12.4. The van der Waals surface area contributed by atoms with Crippen molar-refractivity contribution in [2.75, 3.05) is 5.32 Å². The van der Waals surface area contributed by atoms with Crippen LogP contribution >= 0.6 is 27.3 Å². The molecule has 2 heterocycles. The molecule has 0 aliphatic rings. The van der Waals surface area contributed by atoms with Crippen molar-refractivity contribution in [2.45, 2.75) is 0 Å². The maximum atomic E-state index is 12.4. The molecule has 4 aromatic rings. The van der Waals surface area contributed by atoms with E-state index in [1.165, 1.54) is 17.5 Å². The first-order valence-electron chi connectivity index (χ1n) is 8.27. The highest BCUT2D eigenvalue weighted by Gasteiger charge is 2.12. The minimum absolute atomic E-state index is 0.308. The molecule has 1 amide bonds. The maximum Gasteiger partial charge on any atom is 0.259 e. The van der Waals surface area contributed by atoms with Crippen LogP contribution in [-0.2, 0) is 0 Å². The standard InChI is InChI=1S/C20H13BrN4O2S/c21-15-7-4-8-16(11-15)27-17-10-9-14(12-22-17)18(26)23-20-25-24-19(28-20)13-5-2-1-3-6-13/h1-12H,(H,23,25,26). The third kappa shape index (κ3) is 4.41. The molecule has 6 nitrogen and oxygen atoms in total. The summed E-state index contributed by atoms with van der Waals surface area (Å²) in [6.07, 6.45) is 1.46. The summed E-state index contributed by atoms with van der Waals surface area (Å²) in [5.74, 6) is 0.746. The van der Waals surface area contributed by atoms with Gasteiger partial charge in [0.05, 0.1) is 5.56 Å². The Morgan fingerprint density at radius 1 is 1.00 bits per heavy atom. The summed E-state index contributed by atoms with van der Waals surface area (Å²) < 4.78 is 6.58. The zero-order valence-electron chi connectivity index (χ0n) is 14.4. The van der Waals surface area contributed by atoms with Gasteiger partial charge in [-0.15, -0.1) is 10.2 Å². The number of hydrogen-bond donors (Lipinski definition) is 1. The number of benzene rings is 2. The van der Waals surface area contributed by atoms with E-state index in [0.717, 1.165) is 15.0 Å². The average molecular weight is 453 g/mol. The van der Waals surface area contributed by atoms with Gasteiger partial charge in [0.2, 0.25) is 11.0 Å². The number of nitrogens with one attached hydrogen (secondary N) is 1. The summed E-state index contributed by atoms with van der Waals surface area (Å²) in [6.45, 7) is 0. The first-order chi connectivity index (χ1) is 13.7. The molecule has 0 aliphatic carbocycles. The molecule has 0 aliphatic heterocycles. The molecule has 0 radical (unpaired) electrons. The van der Waals surface area contributed by atoms with Gasteiger partial charge in [0.25, 0.3) is 5.91 Å². The highest BCUT2D eigenvalue weighted by Crippen LogP contribution is 2.26. The summed E-state index contributed by atoms with van der Waals surface area (Å²) >= 11 is 4.70. The highest BCUT2D eigenvalue weighted by atomic mass is 79.9. The number of hydrogen-bond acceptors (Lipinski definition) is 6. The second-order valence-electron chi connectivity index (χ2n) is 5.68. The van der Waals surface area contributed by atoms with E-state index in [1.807, 2.05) is 54.6 Å². The zero-order chi connectivity index (χ0) is 19.3. The van der Waals surface area contributed by atoms with Gasteiger partial charge in [0.1, 0.15) is 10.8 Å². The number of anilines is 1. The minimum Gasteiger partial charge on any atom is -0.439 e. The molecule has 0 atom stereocenters. The number of amides is 1. The summed E-state index contributed by atoms with van der Waals surface area (Å²) in [5.41, 5.74) is 1.36. The largest absolute Gasteiger partial charge is 0.439 e. The molecule has 0 unspecified atom stereocenters. The first-order valence-corrected chi connectivity index (χ1v) is 9.88. The zero-order valence-corrected chi connectivity index (χ0v) is 16.8. The normalized spacial score (nSPS) is 10.5. The van der Waals surface area contributed by atoms with Gasteiger partial charge in [-0.05, 0) is 24.3 Å². The fraction of sp³-hybridized carbons (Fsp3) is 0. The Kier molecular flexibility index (Phi) is 5.41. The van der Waals surface area contributed by atoms with Crippen molar-refractivity contribution in [3.05, 3.63) is 83.0 Å². The molecule has 4 rings (SSSR count). The lowest BCUT2D eigenvalue weighted by Crippen LogP contribution is -2.12. The van der Waals surface area contributed by atoms with Crippen molar-refractivity contribution >= 4 is 38.3 Å². The van der Waals surface area contributed by atoms with E-state index in [4.69, 9.17) is 4.74 Å². The molecule has 28 heavy (non-hydrogen) atoms. The predicted octanol–water partition coefficient (Wildman–Crippen LogP) is 5.41. The average Bonchev–Trinajstić information content (AvgIpc) is 3.18. The van der Waals surface area contributed by atoms with Crippen LogP contribution in [0.3, 0.4) is 0 Å². The highest BCUT2D eigenvalue weighted by molar-refractivity contribution is 9.10. The van der Waals surface area contributed by atoms with Crippen LogP contribution in [0.2, 0.25) is 0 Å². The molecule has 1 N–H and O–H groups in total. The lowest BCUT2D eigenvalue weighted by atomic mass is 10.2. The number of ether oxygens (including phenoxy) is 1. The molecule has 0 saturated heterocycles. The number of aromatic nitrogens is 3. The summed E-state index contributed by atoms with van der Waals surface area (Å²) in [5, 5.41) is 12.1. The second kappa shape index (κ2) is 8.28. The molecular formula is C20H13BrN4O2S. The molecular weight excluding hydrogens is 440 g/mol. The molecule has 2 aromatic heterocycles. The van der Waals surface area contributed by atoms with Crippen LogP contribution in [0.4, 0.5) is 5.13 Å². The Morgan fingerprint density at radius 3 is 2.61 bits per heavy atom. The van der Waals surface area contributed by atoms with Crippen LogP contribution in [0, 0.1) is 0 Å². The quantitative estimate of drug-likeness (QED) is 0.438. The van der Waals surface area contributed by atoms with E-state index < -0.39 is 0 Å². The van der Waals surface area contributed by atoms with Gasteiger partial charge >= 0.3 is 0 Å². The van der Waals surface area contributed by atoms with E-state index >= 15 is 0 Å². The van der Waals surface area contributed by atoms with Gasteiger partial charge in [-0.25, -0.2) is 4.98 Å². The number of halogens is 1. The van der Waals surface area contributed by atoms with Gasteiger partial charge < -0.3 is 4.74 Å². The van der Waals surface area contributed by atoms with E-state index in [9.17, 15) is 4.79 Å². The fourth-order valence-corrected chi connectivity index (χ4v) is 3.49. The van der Waals surface area contributed by atoms with Crippen molar-refractivity contribution in [1.82, 2.24) is 15.2 Å². The van der Waals surface area contributed by atoms with E-state index in [1.54, 1.807) is 12.1 Å². The Hall–Kier alpha value is -3.10. The van der Waals surface area contributed by atoms with Crippen molar-refractivity contribution in [2.24, 2.45) is 0 Å². The Bertz CT molecular complexity index is 1100. The van der Waals surface area contributed by atoms with Gasteiger partial charge in [0, 0.05) is 22.3 Å². The number of carbonyl (C=O) groups is 1. The number of nitrogens with zero attached hydrogens (tertiary/aromatic N) is 3. The van der Waals surface area contributed by atoms with Gasteiger partial charge in [-0.1, -0.05) is 63.7 Å². The molecule has 8 heteroatoms. The first kappa shape index (κ1) is 18.3. The summed E-state index contributed by atoms with van der Waals surface area (Å²) in [7, 11) is 0. The van der Waals surface area contributed by atoms with Crippen LogP contribution < -0.4 is 10.1 Å². The van der Waals surface area contributed by atoms with Crippen LogP contribution in [-0.4, -0.2) is 21.1 Å². The van der Waals surface area contributed by atoms with Crippen molar-refractivity contribution in [1.29, 1.82) is 0 Å². The van der Waals surface area contributed by atoms with Crippen LogP contribution in [0.15, 0.2) is 77.4 Å². The molecule has 2 aromatic carbocycles. The molecule has 0 fully saturated rings. The molecule has 0 bridgehead atoms. The lowest BCUT2D eigenvalue weighted by Gasteiger charge is -2.06. The van der Waals surface area contributed by atoms with E-state index in [-0.39, 0.29) is 5.91 Å². The summed E-state index contributed by atoms with van der Waals surface area (Å²) in [4.78, 5) is 16.6. The third-order valence-corrected chi connectivity index (χ3v) is 5.06. The second-order valence-corrected chi connectivity index (χ2v) is 7.57. The topological polar surface area (TPSA) is 77.0 Å². The van der Waals surface area contributed by atoms with Crippen LogP contribution in [0.25, 0.3) is 10.6 Å². The lowest BCUT2D eigenvalue weighted by molar-refractivity contribution is 0.102. The number of rotatable bonds is 5. The van der Waals surface area contributed by atoms with Crippen LogP contribution in [0.1, 0.15) is 10.4 Å². The number of carbonyl (C=O) groups excluding carboxylic acids is 1. The molecule has 138 valence electrons. The monoisotopic (exact) mass is 452 g/mol. The van der Waals surface area contributed by atoms with E-state index in [2.05, 4.69) is 36.4 Å². The Morgan fingerprint density at radius 2 is 1.86 bits per heavy atom. The minimum atomic E-state index is -0.308. The molecule has 0 saturated carbocycles. The van der Waals surface area contributed by atoms with Gasteiger partial charge in [-0.3, -0.25) is 10.1 Å². The number of pyridine rings is 1. The van der Waals surface area contributed by atoms with Crippen molar-refractivity contribution in [3.63, 3.8) is 0 Å². The van der Waals surface area contributed by atoms with Crippen molar-refractivity contribution in [3.8, 4) is 22.2 Å². The Labute approximate surface area is 173 Å². The Balaban J connectivity index is 1.42. The predicted molar refractivity (Wildman–Crippen MR) is 112 cm³/mol. The van der Waals surface area contributed by atoms with Crippen molar-refractivity contribution < 1.29 is 9.53 Å². The smallest absolute Gasteiger partial charge is 0.259 e. The molecule has 0 spiro atoms. The summed E-state index contributed by atoms with van der Waals surface area (Å²) in [6, 6.07) is 20.4.